The molecule has 0 amide bonds. The number of aromatic nitrogens is 5. The summed E-state index contributed by atoms with van der Waals surface area (Å²) in [6.07, 6.45) is 7.96. The van der Waals surface area contributed by atoms with Gasteiger partial charge in [-0.05, 0) is 56.9 Å². The zero-order valence-corrected chi connectivity index (χ0v) is 19.8. The van der Waals surface area contributed by atoms with Crippen LogP contribution in [-0.2, 0) is 11.8 Å². The van der Waals surface area contributed by atoms with E-state index in [4.69, 9.17) is 14.5 Å². The van der Waals surface area contributed by atoms with Crippen LogP contribution in [0.4, 0.5) is 0 Å². The number of hydrogen-bond donors (Lipinski definition) is 1. The fourth-order valence-corrected chi connectivity index (χ4v) is 4.91. The van der Waals surface area contributed by atoms with E-state index >= 15 is 0 Å². The molecule has 1 saturated heterocycles. The molecule has 1 saturated carbocycles. The van der Waals surface area contributed by atoms with Gasteiger partial charge in [-0.2, -0.15) is 0 Å². The Hall–Kier alpha value is -3.72. The summed E-state index contributed by atoms with van der Waals surface area (Å²) < 4.78 is 15.8. The van der Waals surface area contributed by atoms with Gasteiger partial charge in [0.15, 0.2) is 0 Å². The van der Waals surface area contributed by atoms with Gasteiger partial charge in [0, 0.05) is 60.8 Å². The monoisotopic (exact) mass is 473 g/mol. The van der Waals surface area contributed by atoms with Crippen molar-refractivity contribution in [3.8, 4) is 28.1 Å². The van der Waals surface area contributed by atoms with Gasteiger partial charge in [0.05, 0.1) is 23.1 Å². The first-order valence-corrected chi connectivity index (χ1v) is 12.0. The third-order valence-electron chi connectivity index (χ3n) is 6.86. The zero-order valence-electron chi connectivity index (χ0n) is 19.8. The standard InChI is InChI=1S/C26H27N5O4/c1-15-24(30(2)29-28-15)17-11-21-22(14-31(25(21)27-13-17)18-7-9-34-10-8-18)20-6-3-16(26(32)33)12-23(20)35-19-4-5-19/h3,6,11-14,18-19H,4-5,7-10H2,1-2H3,(H,32,33). The van der Waals surface area contributed by atoms with E-state index in [1.165, 1.54) is 0 Å². The fourth-order valence-electron chi connectivity index (χ4n) is 4.91. The molecule has 1 N–H and O–H groups in total. The number of benzene rings is 1. The number of aryl methyl sites for hydroxylation is 2. The molecule has 9 nitrogen and oxygen atoms in total. The van der Waals surface area contributed by atoms with Crippen molar-refractivity contribution in [1.29, 1.82) is 0 Å². The number of pyridine rings is 1. The summed E-state index contributed by atoms with van der Waals surface area (Å²) >= 11 is 0. The van der Waals surface area contributed by atoms with Gasteiger partial charge in [0.1, 0.15) is 11.4 Å². The first kappa shape index (κ1) is 21.8. The number of carboxylic acids is 1. The molecule has 4 aromatic rings. The molecule has 180 valence electrons. The van der Waals surface area contributed by atoms with E-state index in [0.717, 1.165) is 78.0 Å². The quantitative estimate of drug-likeness (QED) is 0.443. The second-order valence-electron chi connectivity index (χ2n) is 9.37. The Kier molecular flexibility index (Phi) is 5.29. The van der Waals surface area contributed by atoms with Crippen LogP contribution in [0.2, 0.25) is 0 Å². The highest BCUT2D eigenvalue weighted by atomic mass is 16.5. The van der Waals surface area contributed by atoms with Gasteiger partial charge >= 0.3 is 5.97 Å². The normalized spacial score (nSPS) is 16.6. The molecule has 0 spiro atoms. The summed E-state index contributed by atoms with van der Waals surface area (Å²) in [6.45, 7) is 3.38. The number of hydrogen-bond acceptors (Lipinski definition) is 6. The maximum absolute atomic E-state index is 11.7. The third kappa shape index (κ3) is 3.95. The highest BCUT2D eigenvalue weighted by Gasteiger charge is 2.27. The maximum Gasteiger partial charge on any atom is 0.335 e. The minimum Gasteiger partial charge on any atom is -0.490 e. The summed E-state index contributed by atoms with van der Waals surface area (Å²) in [5.74, 6) is -0.368. The molecule has 4 heterocycles. The first-order valence-electron chi connectivity index (χ1n) is 12.0. The van der Waals surface area contributed by atoms with Crippen LogP contribution >= 0.6 is 0 Å². The van der Waals surface area contributed by atoms with Crippen LogP contribution in [0.25, 0.3) is 33.4 Å². The van der Waals surface area contributed by atoms with Crippen molar-refractivity contribution in [2.45, 2.75) is 44.8 Å². The lowest BCUT2D eigenvalue weighted by atomic mass is 10.0. The SMILES string of the molecule is Cc1nnn(C)c1-c1cnc2c(c1)c(-c1ccc(C(=O)O)cc1OC1CC1)cn2C1CCOCC1. The van der Waals surface area contributed by atoms with E-state index in [0.29, 0.717) is 5.75 Å². The lowest BCUT2D eigenvalue weighted by molar-refractivity contribution is 0.0695. The van der Waals surface area contributed by atoms with Gasteiger partial charge in [-0.3, -0.25) is 0 Å². The second-order valence-corrected chi connectivity index (χ2v) is 9.37. The minimum atomic E-state index is -0.968. The molecule has 1 aromatic carbocycles. The Morgan fingerprint density at radius 1 is 1.14 bits per heavy atom. The molecule has 0 unspecified atom stereocenters. The van der Waals surface area contributed by atoms with E-state index in [1.807, 2.05) is 26.2 Å². The Morgan fingerprint density at radius 3 is 2.63 bits per heavy atom. The van der Waals surface area contributed by atoms with Gasteiger partial charge < -0.3 is 19.1 Å². The van der Waals surface area contributed by atoms with Crippen molar-refractivity contribution >= 4 is 17.0 Å². The van der Waals surface area contributed by atoms with Crippen LogP contribution in [0.15, 0.2) is 36.7 Å². The predicted octanol–water partition coefficient (Wildman–Crippen LogP) is 4.40. The lowest BCUT2D eigenvalue weighted by Gasteiger charge is -2.24. The summed E-state index contributed by atoms with van der Waals surface area (Å²) in [4.78, 5) is 16.6. The molecule has 2 aliphatic rings. The largest absolute Gasteiger partial charge is 0.490 e. The molecule has 1 aliphatic carbocycles. The molecule has 6 rings (SSSR count). The Bertz CT molecular complexity index is 1410. The number of ether oxygens (including phenoxy) is 2. The van der Waals surface area contributed by atoms with Crippen molar-refractivity contribution in [2.75, 3.05) is 13.2 Å². The van der Waals surface area contributed by atoms with E-state index in [1.54, 1.807) is 16.8 Å². The van der Waals surface area contributed by atoms with Gasteiger partial charge in [-0.1, -0.05) is 5.21 Å². The van der Waals surface area contributed by atoms with Gasteiger partial charge in [0.25, 0.3) is 0 Å². The second kappa shape index (κ2) is 8.49. The summed E-state index contributed by atoms with van der Waals surface area (Å²) in [5, 5.41) is 18.9. The van der Waals surface area contributed by atoms with Crippen molar-refractivity contribution in [2.24, 2.45) is 7.05 Å². The number of nitrogens with zero attached hydrogens (tertiary/aromatic N) is 5. The molecule has 0 atom stereocenters. The van der Waals surface area contributed by atoms with E-state index < -0.39 is 5.97 Å². The molecule has 3 aromatic heterocycles. The molecule has 9 heteroatoms. The predicted molar refractivity (Wildman–Crippen MR) is 130 cm³/mol. The number of carbonyl (C=O) groups is 1. The molecule has 0 bridgehead atoms. The van der Waals surface area contributed by atoms with E-state index in [2.05, 4.69) is 27.1 Å². The topological polar surface area (TPSA) is 104 Å². The zero-order chi connectivity index (χ0) is 24.1. The van der Waals surface area contributed by atoms with Crippen LogP contribution in [0.3, 0.4) is 0 Å². The van der Waals surface area contributed by atoms with Crippen molar-refractivity contribution in [3.63, 3.8) is 0 Å². The summed E-state index contributed by atoms with van der Waals surface area (Å²) in [7, 11) is 1.87. The van der Waals surface area contributed by atoms with Crippen LogP contribution in [-0.4, -0.2) is 54.9 Å². The average molecular weight is 474 g/mol. The first-order chi connectivity index (χ1) is 17.0. The summed E-state index contributed by atoms with van der Waals surface area (Å²) in [6, 6.07) is 7.55. The summed E-state index contributed by atoms with van der Waals surface area (Å²) in [5.41, 5.74) is 5.64. The number of carboxylic acid groups (broad SMARTS) is 1. The number of rotatable bonds is 6. The van der Waals surface area contributed by atoms with Crippen LogP contribution in [0, 0.1) is 6.92 Å². The Morgan fingerprint density at radius 2 is 1.94 bits per heavy atom. The van der Waals surface area contributed by atoms with Gasteiger partial charge in [-0.15, -0.1) is 5.10 Å². The smallest absolute Gasteiger partial charge is 0.335 e. The lowest BCUT2D eigenvalue weighted by Crippen LogP contribution is -2.19. The number of aromatic carboxylic acids is 1. The highest BCUT2D eigenvalue weighted by molar-refractivity contribution is 5.99. The van der Waals surface area contributed by atoms with Gasteiger partial charge in [-0.25, -0.2) is 14.5 Å². The Balaban J connectivity index is 1.56. The Labute approximate surface area is 202 Å². The van der Waals surface area contributed by atoms with Crippen molar-refractivity contribution < 1.29 is 19.4 Å². The molecule has 0 radical (unpaired) electrons. The minimum absolute atomic E-state index is 0.137. The molecule has 1 aliphatic heterocycles. The molecule has 2 fully saturated rings. The third-order valence-corrected chi connectivity index (χ3v) is 6.86. The van der Waals surface area contributed by atoms with Gasteiger partial charge in [0.2, 0.25) is 0 Å². The van der Waals surface area contributed by atoms with Crippen LogP contribution < -0.4 is 4.74 Å². The molecular weight excluding hydrogens is 446 g/mol. The van der Waals surface area contributed by atoms with Crippen LogP contribution in [0.1, 0.15) is 47.8 Å². The maximum atomic E-state index is 11.7. The number of fused-ring (bicyclic) bond motifs is 1. The highest BCUT2D eigenvalue weighted by Crippen LogP contribution is 2.42. The van der Waals surface area contributed by atoms with Crippen molar-refractivity contribution in [1.82, 2.24) is 24.5 Å². The molecule has 35 heavy (non-hydrogen) atoms. The van der Waals surface area contributed by atoms with E-state index in [-0.39, 0.29) is 17.7 Å². The molecular formula is C26H27N5O4. The van der Waals surface area contributed by atoms with Crippen LogP contribution in [0.5, 0.6) is 5.75 Å². The average Bonchev–Trinajstić information content (AvgIpc) is 3.51. The van der Waals surface area contributed by atoms with Crippen molar-refractivity contribution in [3.05, 3.63) is 47.9 Å². The fraction of sp³-hybridized carbons (Fsp3) is 0.385. The van der Waals surface area contributed by atoms with E-state index in [9.17, 15) is 9.90 Å².